The maximum Gasteiger partial charge on any atom is 0.351 e. The summed E-state index contributed by atoms with van der Waals surface area (Å²) in [5.74, 6) is -0.509. The van der Waals surface area contributed by atoms with Crippen LogP contribution in [0.5, 0.6) is 0 Å². The third-order valence-corrected chi connectivity index (χ3v) is 4.20. The fourth-order valence-electron chi connectivity index (χ4n) is 2.67. The molecule has 27 heavy (non-hydrogen) atoms. The van der Waals surface area contributed by atoms with Crippen molar-refractivity contribution in [2.75, 3.05) is 12.1 Å². The number of ether oxygens (including phenoxy) is 2. The molecule has 9 heteroatoms. The van der Waals surface area contributed by atoms with E-state index in [4.69, 9.17) is 14.3 Å². The van der Waals surface area contributed by atoms with Gasteiger partial charge in [0.15, 0.2) is 5.82 Å². The Morgan fingerprint density at radius 1 is 1.30 bits per heavy atom. The van der Waals surface area contributed by atoms with E-state index in [2.05, 4.69) is 17.4 Å². The van der Waals surface area contributed by atoms with Crippen molar-refractivity contribution in [2.45, 2.75) is 71.1 Å². The van der Waals surface area contributed by atoms with Crippen molar-refractivity contribution >= 4 is 17.8 Å². The summed E-state index contributed by atoms with van der Waals surface area (Å²) in [6.45, 7) is 3.96. The zero-order valence-corrected chi connectivity index (χ0v) is 15.8. The molecule has 1 aliphatic heterocycles. The second-order valence-corrected chi connectivity index (χ2v) is 6.36. The molecule has 0 unspecified atom stereocenters. The number of aromatic nitrogens is 2. The lowest BCUT2D eigenvalue weighted by atomic mass is 10.2. The molecule has 2 heterocycles. The van der Waals surface area contributed by atoms with Crippen molar-refractivity contribution in [3.05, 3.63) is 22.7 Å². The third-order valence-electron chi connectivity index (χ3n) is 4.20. The molecule has 0 radical (unpaired) electrons. The van der Waals surface area contributed by atoms with Crippen molar-refractivity contribution in [3.8, 4) is 0 Å². The van der Waals surface area contributed by atoms with Gasteiger partial charge in [0.1, 0.15) is 12.8 Å². The monoisotopic (exact) mass is 381 g/mol. The first kappa shape index (κ1) is 20.9. The molecule has 150 valence electrons. The number of rotatable bonds is 10. The topological polar surface area (TPSA) is 109 Å². The molecule has 2 atom stereocenters. The molecule has 9 nitrogen and oxygen atoms in total. The van der Waals surface area contributed by atoms with Gasteiger partial charge in [-0.3, -0.25) is 9.36 Å². The first-order valence-corrected chi connectivity index (χ1v) is 9.39. The van der Waals surface area contributed by atoms with Crippen LogP contribution in [0, 0.1) is 0 Å². The second kappa shape index (κ2) is 10.7. The smallest absolute Gasteiger partial charge is 0.351 e. The average molecular weight is 381 g/mol. The van der Waals surface area contributed by atoms with Gasteiger partial charge in [-0.2, -0.15) is 4.98 Å². The van der Waals surface area contributed by atoms with Crippen LogP contribution in [0.15, 0.2) is 17.1 Å². The van der Waals surface area contributed by atoms with Gasteiger partial charge in [0, 0.05) is 25.1 Å². The lowest BCUT2D eigenvalue weighted by Gasteiger charge is -2.16. The molecule has 0 aromatic carbocycles. The van der Waals surface area contributed by atoms with Crippen molar-refractivity contribution in [3.63, 3.8) is 0 Å². The Bertz CT molecular complexity index is 690. The van der Waals surface area contributed by atoms with Crippen LogP contribution in [-0.2, 0) is 23.9 Å². The van der Waals surface area contributed by atoms with E-state index in [9.17, 15) is 14.4 Å². The van der Waals surface area contributed by atoms with Crippen LogP contribution in [0.4, 0.5) is 5.82 Å². The van der Waals surface area contributed by atoms with Crippen molar-refractivity contribution in [1.29, 1.82) is 0 Å². The van der Waals surface area contributed by atoms with E-state index in [-0.39, 0.29) is 24.5 Å². The van der Waals surface area contributed by atoms with Gasteiger partial charge in [0.05, 0.1) is 6.10 Å². The first-order valence-electron chi connectivity index (χ1n) is 9.39. The first-order chi connectivity index (χ1) is 13.0. The van der Waals surface area contributed by atoms with Crippen LogP contribution < -0.4 is 11.2 Å². The number of nitrogens with one attached hydrogen (secondary N) is 1. The Kier molecular flexibility index (Phi) is 8.25. The van der Waals surface area contributed by atoms with Gasteiger partial charge in [-0.15, -0.1) is 0 Å². The Labute approximate surface area is 158 Å². The summed E-state index contributed by atoms with van der Waals surface area (Å²) in [5, 5.41) is 0. The molecule has 1 fully saturated rings. The van der Waals surface area contributed by atoms with Crippen LogP contribution in [-0.4, -0.2) is 34.2 Å². The SMILES string of the molecule is CCCCCC(=O)ONc1ccn([C@H]2CC[C@@H](COC(=O)CC)O2)c(=O)n1. The molecule has 1 N–H and O–H groups in total. The van der Waals surface area contributed by atoms with Crippen LogP contribution in [0.25, 0.3) is 0 Å². The molecule has 0 spiro atoms. The Hall–Kier alpha value is -2.42. The quantitative estimate of drug-likeness (QED) is 0.374. The highest BCUT2D eigenvalue weighted by molar-refractivity contribution is 5.70. The third kappa shape index (κ3) is 6.67. The lowest BCUT2D eigenvalue weighted by molar-refractivity contribution is -0.148. The van der Waals surface area contributed by atoms with E-state index in [1.165, 1.54) is 16.8 Å². The molecule has 0 bridgehead atoms. The van der Waals surface area contributed by atoms with E-state index in [0.29, 0.717) is 25.7 Å². The summed E-state index contributed by atoms with van der Waals surface area (Å²) in [7, 11) is 0. The van der Waals surface area contributed by atoms with E-state index in [0.717, 1.165) is 19.3 Å². The normalized spacial score (nSPS) is 18.9. The highest BCUT2D eigenvalue weighted by atomic mass is 16.7. The summed E-state index contributed by atoms with van der Waals surface area (Å²) in [4.78, 5) is 43.7. The molecule has 0 aliphatic carbocycles. The maximum atomic E-state index is 12.2. The number of hydrogen-bond acceptors (Lipinski definition) is 8. The predicted molar refractivity (Wildman–Crippen MR) is 96.7 cm³/mol. The van der Waals surface area contributed by atoms with Gasteiger partial charge >= 0.3 is 17.6 Å². The van der Waals surface area contributed by atoms with E-state index in [1.807, 2.05) is 0 Å². The molecule has 2 rings (SSSR count). The zero-order valence-electron chi connectivity index (χ0n) is 15.8. The fourth-order valence-corrected chi connectivity index (χ4v) is 2.67. The van der Waals surface area contributed by atoms with Gasteiger partial charge in [-0.25, -0.2) is 15.1 Å². The number of carbonyl (C=O) groups is 2. The lowest BCUT2D eigenvalue weighted by Crippen LogP contribution is -2.28. The minimum Gasteiger partial charge on any atom is -0.463 e. The molecule has 1 aliphatic rings. The molecule has 0 saturated carbocycles. The van der Waals surface area contributed by atoms with Gasteiger partial charge in [0.25, 0.3) is 0 Å². The molecule has 1 aromatic heterocycles. The van der Waals surface area contributed by atoms with Gasteiger partial charge in [-0.1, -0.05) is 26.7 Å². The van der Waals surface area contributed by atoms with Gasteiger partial charge in [0.2, 0.25) is 0 Å². The number of esters is 1. The summed E-state index contributed by atoms with van der Waals surface area (Å²) in [6, 6.07) is 1.54. The number of carbonyl (C=O) groups excluding carboxylic acids is 2. The summed E-state index contributed by atoms with van der Waals surface area (Å²) in [5.41, 5.74) is 1.89. The summed E-state index contributed by atoms with van der Waals surface area (Å²) < 4.78 is 12.2. The number of anilines is 1. The molecule has 1 saturated heterocycles. The van der Waals surface area contributed by atoms with Crippen LogP contribution in [0.3, 0.4) is 0 Å². The molecule has 1 aromatic rings. The summed E-state index contributed by atoms with van der Waals surface area (Å²) >= 11 is 0. The molecular weight excluding hydrogens is 354 g/mol. The van der Waals surface area contributed by atoms with E-state index in [1.54, 1.807) is 6.92 Å². The Morgan fingerprint density at radius 3 is 2.81 bits per heavy atom. The minimum absolute atomic E-state index is 0.159. The van der Waals surface area contributed by atoms with E-state index < -0.39 is 17.9 Å². The Morgan fingerprint density at radius 2 is 2.11 bits per heavy atom. The number of nitrogens with zero attached hydrogens (tertiary/aromatic N) is 2. The van der Waals surface area contributed by atoms with Crippen molar-refractivity contribution < 1.29 is 23.9 Å². The van der Waals surface area contributed by atoms with Gasteiger partial charge < -0.3 is 14.3 Å². The largest absolute Gasteiger partial charge is 0.463 e. The minimum atomic E-state index is -0.516. The molecule has 0 amide bonds. The number of unbranched alkanes of at least 4 members (excludes halogenated alkanes) is 2. The predicted octanol–water partition coefficient (Wildman–Crippen LogP) is 2.32. The van der Waals surface area contributed by atoms with Gasteiger partial charge in [-0.05, 0) is 19.3 Å². The van der Waals surface area contributed by atoms with Crippen LogP contribution in [0.1, 0.15) is 65.0 Å². The van der Waals surface area contributed by atoms with Crippen molar-refractivity contribution in [2.24, 2.45) is 0 Å². The fraction of sp³-hybridized carbons (Fsp3) is 0.667. The number of hydrogen-bond donors (Lipinski definition) is 1. The second-order valence-electron chi connectivity index (χ2n) is 6.36. The Balaban J connectivity index is 1.83. The summed E-state index contributed by atoms with van der Waals surface area (Å²) in [6.07, 6.45) is 5.52. The van der Waals surface area contributed by atoms with E-state index >= 15 is 0 Å². The zero-order chi connectivity index (χ0) is 19.6. The highest BCUT2D eigenvalue weighted by Gasteiger charge is 2.28. The maximum absolute atomic E-state index is 12.2. The molecular formula is C18H27N3O6. The van der Waals surface area contributed by atoms with Crippen LogP contribution >= 0.6 is 0 Å². The van der Waals surface area contributed by atoms with Crippen molar-refractivity contribution in [1.82, 2.24) is 9.55 Å². The average Bonchev–Trinajstić information content (AvgIpc) is 3.13. The standard InChI is InChI=1S/C18H27N3O6/c1-3-5-6-7-17(23)27-20-14-10-11-21(18(24)19-14)15-9-8-13(26-15)12-25-16(22)4-2/h10-11,13,15H,3-9,12H2,1-2H3,(H,19,20,24)/t13-,15+/m0/s1. The highest BCUT2D eigenvalue weighted by Crippen LogP contribution is 2.27. The van der Waals surface area contributed by atoms with Crippen LogP contribution in [0.2, 0.25) is 0 Å².